The van der Waals surface area contributed by atoms with E-state index < -0.39 is 0 Å². The molecule has 0 aromatic carbocycles. The molecule has 2 heterocycles. The van der Waals surface area contributed by atoms with Crippen LogP contribution in [0.3, 0.4) is 0 Å². The number of hydrogen-bond acceptors (Lipinski definition) is 4. The van der Waals surface area contributed by atoms with Gasteiger partial charge in [0.2, 0.25) is 0 Å². The molecule has 1 fully saturated rings. The van der Waals surface area contributed by atoms with Crippen molar-refractivity contribution in [2.75, 3.05) is 19.6 Å². The summed E-state index contributed by atoms with van der Waals surface area (Å²) in [5.41, 5.74) is 0. The van der Waals surface area contributed by atoms with Gasteiger partial charge in [0, 0.05) is 30.2 Å². The smallest absolute Gasteiger partial charge is 0.0925 e. The van der Waals surface area contributed by atoms with Crippen molar-refractivity contribution in [3.05, 3.63) is 16.1 Å². The van der Waals surface area contributed by atoms with Crippen molar-refractivity contribution in [1.29, 1.82) is 0 Å². The first-order chi connectivity index (χ1) is 8.79. The third kappa shape index (κ3) is 4.04. The maximum absolute atomic E-state index is 4.39. The van der Waals surface area contributed by atoms with E-state index in [2.05, 4.69) is 29.0 Å². The predicted octanol–water partition coefficient (Wildman–Crippen LogP) is 2.67. The third-order valence-corrected chi connectivity index (χ3v) is 4.80. The molecule has 1 aromatic heterocycles. The summed E-state index contributed by atoms with van der Waals surface area (Å²) in [6, 6.07) is 0.656. The normalized spacial score (nSPS) is 19.0. The third-order valence-electron chi connectivity index (χ3n) is 3.66. The highest BCUT2D eigenvalue weighted by molar-refractivity contribution is 7.11. The van der Waals surface area contributed by atoms with Crippen molar-refractivity contribution < 1.29 is 0 Å². The lowest BCUT2D eigenvalue weighted by Gasteiger charge is -2.32. The molecule has 0 radical (unpaired) electrons. The summed E-state index contributed by atoms with van der Waals surface area (Å²) in [6.07, 6.45) is 7.23. The standard InChI is InChI=1S/C14H25N3S/c1-3-14-16-11-13(18-14)10-15-9-12(2)17-7-5-4-6-8-17/h11-12,15H,3-10H2,1-2H3. The minimum Gasteiger partial charge on any atom is -0.310 e. The maximum Gasteiger partial charge on any atom is 0.0925 e. The summed E-state index contributed by atoms with van der Waals surface area (Å²) in [5.74, 6) is 0. The van der Waals surface area contributed by atoms with Gasteiger partial charge in [0.1, 0.15) is 0 Å². The van der Waals surface area contributed by atoms with E-state index in [1.807, 2.05) is 17.5 Å². The molecule has 1 aliphatic heterocycles. The van der Waals surface area contributed by atoms with Crippen molar-refractivity contribution in [1.82, 2.24) is 15.2 Å². The average molecular weight is 267 g/mol. The van der Waals surface area contributed by atoms with Gasteiger partial charge in [0.25, 0.3) is 0 Å². The number of rotatable bonds is 6. The summed E-state index contributed by atoms with van der Waals surface area (Å²) in [5, 5.41) is 4.81. The summed E-state index contributed by atoms with van der Waals surface area (Å²) in [6.45, 7) is 9.11. The van der Waals surface area contributed by atoms with Gasteiger partial charge in [0.05, 0.1) is 5.01 Å². The topological polar surface area (TPSA) is 28.2 Å². The maximum atomic E-state index is 4.39. The van der Waals surface area contributed by atoms with Crippen LogP contribution in [0.25, 0.3) is 0 Å². The number of hydrogen-bond donors (Lipinski definition) is 1. The van der Waals surface area contributed by atoms with Crippen molar-refractivity contribution in [2.45, 2.75) is 52.1 Å². The summed E-state index contributed by atoms with van der Waals surface area (Å²) in [7, 11) is 0. The second kappa shape index (κ2) is 7.22. The van der Waals surface area contributed by atoms with Gasteiger partial charge < -0.3 is 5.32 Å². The first-order valence-corrected chi connectivity index (χ1v) is 7.99. The lowest BCUT2D eigenvalue weighted by molar-refractivity contribution is 0.171. The van der Waals surface area contributed by atoms with Crippen LogP contribution in [0, 0.1) is 0 Å². The molecule has 1 aliphatic rings. The quantitative estimate of drug-likeness (QED) is 0.859. The second-order valence-electron chi connectivity index (χ2n) is 5.15. The lowest BCUT2D eigenvalue weighted by Crippen LogP contribution is -2.42. The van der Waals surface area contributed by atoms with Crippen molar-refractivity contribution in [2.24, 2.45) is 0 Å². The Bertz CT molecular complexity index is 345. The molecule has 3 nitrogen and oxygen atoms in total. The fourth-order valence-electron chi connectivity index (χ4n) is 2.49. The first kappa shape index (κ1) is 14.0. The highest BCUT2D eigenvalue weighted by Gasteiger charge is 2.15. The van der Waals surface area contributed by atoms with Gasteiger partial charge in [-0.25, -0.2) is 4.98 Å². The molecule has 1 saturated heterocycles. The molecule has 2 rings (SSSR count). The number of aromatic nitrogens is 1. The molecule has 1 N–H and O–H groups in total. The number of nitrogens with zero attached hydrogens (tertiary/aromatic N) is 2. The Hall–Kier alpha value is -0.450. The van der Waals surface area contributed by atoms with Crippen LogP contribution in [0.1, 0.15) is 43.0 Å². The Kier molecular flexibility index (Phi) is 5.60. The van der Waals surface area contributed by atoms with Crippen LogP contribution in [0.5, 0.6) is 0 Å². The number of nitrogens with one attached hydrogen (secondary N) is 1. The highest BCUT2D eigenvalue weighted by atomic mass is 32.1. The van der Waals surface area contributed by atoms with Crippen LogP contribution < -0.4 is 5.32 Å². The largest absolute Gasteiger partial charge is 0.310 e. The number of thiazole rings is 1. The summed E-state index contributed by atoms with van der Waals surface area (Å²) >= 11 is 1.83. The van der Waals surface area contributed by atoms with E-state index in [0.29, 0.717) is 6.04 Å². The molecule has 1 atom stereocenters. The zero-order valence-electron chi connectivity index (χ0n) is 11.6. The van der Waals surface area contributed by atoms with E-state index in [1.54, 1.807) is 0 Å². The predicted molar refractivity (Wildman–Crippen MR) is 78.1 cm³/mol. The van der Waals surface area contributed by atoms with Crippen molar-refractivity contribution in [3.8, 4) is 0 Å². The van der Waals surface area contributed by atoms with Crippen LogP contribution in [0.15, 0.2) is 6.20 Å². The SMILES string of the molecule is CCc1ncc(CNCC(C)N2CCCCC2)s1. The Morgan fingerprint density at radius 3 is 2.83 bits per heavy atom. The highest BCUT2D eigenvalue weighted by Crippen LogP contribution is 2.14. The van der Waals surface area contributed by atoms with Gasteiger partial charge in [-0.1, -0.05) is 13.3 Å². The average Bonchev–Trinajstić information content (AvgIpc) is 2.87. The number of piperidine rings is 1. The van der Waals surface area contributed by atoms with E-state index in [-0.39, 0.29) is 0 Å². The molecule has 1 aromatic rings. The number of aryl methyl sites for hydroxylation is 1. The van der Waals surface area contributed by atoms with Crippen LogP contribution in [0.2, 0.25) is 0 Å². The number of likely N-dealkylation sites (tertiary alicyclic amines) is 1. The monoisotopic (exact) mass is 267 g/mol. The van der Waals surface area contributed by atoms with Crippen LogP contribution in [-0.2, 0) is 13.0 Å². The molecule has 1 unspecified atom stereocenters. The van der Waals surface area contributed by atoms with E-state index in [9.17, 15) is 0 Å². The van der Waals surface area contributed by atoms with Crippen LogP contribution >= 0.6 is 11.3 Å². The van der Waals surface area contributed by atoms with Crippen LogP contribution in [0.4, 0.5) is 0 Å². The minimum absolute atomic E-state index is 0.656. The molecule has 0 bridgehead atoms. The van der Waals surface area contributed by atoms with E-state index in [4.69, 9.17) is 0 Å². The first-order valence-electron chi connectivity index (χ1n) is 7.18. The molecule has 102 valence electrons. The van der Waals surface area contributed by atoms with Gasteiger partial charge in [-0.05, 0) is 39.3 Å². The molecule has 0 aliphatic carbocycles. The molecule has 0 amide bonds. The van der Waals surface area contributed by atoms with Gasteiger partial charge in [-0.15, -0.1) is 11.3 Å². The molecule has 18 heavy (non-hydrogen) atoms. The molecule has 0 saturated carbocycles. The summed E-state index contributed by atoms with van der Waals surface area (Å²) in [4.78, 5) is 8.36. The van der Waals surface area contributed by atoms with Gasteiger partial charge >= 0.3 is 0 Å². The Balaban J connectivity index is 1.67. The van der Waals surface area contributed by atoms with Crippen molar-refractivity contribution in [3.63, 3.8) is 0 Å². The van der Waals surface area contributed by atoms with Gasteiger partial charge in [-0.3, -0.25) is 4.90 Å². The van der Waals surface area contributed by atoms with Gasteiger partial charge in [-0.2, -0.15) is 0 Å². The lowest BCUT2D eigenvalue weighted by atomic mass is 10.1. The fraction of sp³-hybridized carbons (Fsp3) is 0.786. The second-order valence-corrected chi connectivity index (χ2v) is 6.35. The Morgan fingerprint density at radius 1 is 1.39 bits per heavy atom. The zero-order chi connectivity index (χ0) is 12.8. The minimum atomic E-state index is 0.656. The molecule has 0 spiro atoms. The summed E-state index contributed by atoms with van der Waals surface area (Å²) < 4.78 is 0. The van der Waals surface area contributed by atoms with E-state index in [1.165, 1.54) is 42.2 Å². The molecular formula is C14H25N3S. The Morgan fingerprint density at radius 2 is 2.17 bits per heavy atom. The molecular weight excluding hydrogens is 242 g/mol. The van der Waals surface area contributed by atoms with Crippen LogP contribution in [-0.4, -0.2) is 35.6 Å². The Labute approximate surface area is 115 Å². The van der Waals surface area contributed by atoms with Gasteiger partial charge in [0.15, 0.2) is 0 Å². The molecule has 4 heteroatoms. The fourth-order valence-corrected chi connectivity index (χ4v) is 3.32. The zero-order valence-corrected chi connectivity index (χ0v) is 12.4. The van der Waals surface area contributed by atoms with E-state index in [0.717, 1.165) is 19.5 Å². The van der Waals surface area contributed by atoms with E-state index >= 15 is 0 Å². The van der Waals surface area contributed by atoms with Crippen molar-refractivity contribution >= 4 is 11.3 Å².